The maximum atomic E-state index is 12.8. The van der Waals surface area contributed by atoms with Crippen LogP contribution in [-0.2, 0) is 4.79 Å². The molecule has 6 heteroatoms. The highest BCUT2D eigenvalue weighted by atomic mass is 35.5. The minimum absolute atomic E-state index is 0.168. The van der Waals surface area contributed by atoms with Gasteiger partial charge < -0.3 is 10.6 Å². The Hall–Kier alpha value is -3.18. The molecule has 0 spiro atoms. The lowest BCUT2D eigenvalue weighted by Gasteiger charge is -2.16. The van der Waals surface area contributed by atoms with Gasteiger partial charge in [-0.3, -0.25) is 9.59 Å². The third-order valence-corrected chi connectivity index (χ3v) is 4.90. The van der Waals surface area contributed by atoms with Crippen molar-refractivity contribution in [2.75, 3.05) is 10.6 Å². The van der Waals surface area contributed by atoms with E-state index >= 15 is 0 Å². The molecule has 2 N–H and O–H groups in total. The van der Waals surface area contributed by atoms with Crippen LogP contribution < -0.4 is 10.6 Å². The molecule has 0 saturated carbocycles. The normalized spacial score (nSPS) is 11.6. The number of aryl methyl sites for hydroxylation is 1. The molecule has 29 heavy (non-hydrogen) atoms. The molecule has 3 aromatic rings. The summed E-state index contributed by atoms with van der Waals surface area (Å²) in [7, 11) is 0. The first-order chi connectivity index (χ1) is 14.0. The summed E-state index contributed by atoms with van der Waals surface area (Å²) in [5, 5.41) is 5.98. The third kappa shape index (κ3) is 5.21. The van der Waals surface area contributed by atoms with Gasteiger partial charge in [-0.2, -0.15) is 0 Å². The van der Waals surface area contributed by atoms with Gasteiger partial charge in [0.2, 0.25) is 5.91 Å². The zero-order chi connectivity index (χ0) is 20.8. The largest absolute Gasteiger partial charge is 0.324 e. The molecular formula is C23H22ClN3O2. The maximum absolute atomic E-state index is 12.8. The first kappa shape index (κ1) is 20.6. The summed E-state index contributed by atoms with van der Waals surface area (Å²) in [5.41, 5.74) is 2.70. The topological polar surface area (TPSA) is 71.1 Å². The van der Waals surface area contributed by atoms with Crippen molar-refractivity contribution in [1.29, 1.82) is 0 Å². The predicted octanol–water partition coefficient (Wildman–Crippen LogP) is 5.43. The second-order valence-corrected chi connectivity index (χ2v) is 7.14. The van der Waals surface area contributed by atoms with Crippen LogP contribution in [0.25, 0.3) is 0 Å². The first-order valence-electron chi connectivity index (χ1n) is 9.37. The maximum Gasteiger partial charge on any atom is 0.256 e. The molecule has 2 aromatic carbocycles. The number of amides is 2. The minimum Gasteiger partial charge on any atom is -0.324 e. The van der Waals surface area contributed by atoms with Gasteiger partial charge in [0.15, 0.2) is 0 Å². The van der Waals surface area contributed by atoms with Gasteiger partial charge in [0.25, 0.3) is 5.91 Å². The molecule has 5 nitrogen and oxygen atoms in total. The van der Waals surface area contributed by atoms with Crippen LogP contribution in [0, 0.1) is 6.92 Å². The van der Waals surface area contributed by atoms with Crippen LogP contribution in [0.2, 0.25) is 5.02 Å². The van der Waals surface area contributed by atoms with Crippen molar-refractivity contribution in [3.63, 3.8) is 0 Å². The van der Waals surface area contributed by atoms with E-state index in [0.29, 0.717) is 28.5 Å². The van der Waals surface area contributed by atoms with Crippen LogP contribution >= 0.6 is 11.6 Å². The number of benzene rings is 2. The Morgan fingerprint density at radius 2 is 1.79 bits per heavy atom. The number of carbonyl (C=O) groups is 2. The predicted molar refractivity (Wildman–Crippen MR) is 116 cm³/mol. The number of hydrogen-bond donors (Lipinski definition) is 2. The van der Waals surface area contributed by atoms with Crippen molar-refractivity contribution < 1.29 is 9.59 Å². The summed E-state index contributed by atoms with van der Waals surface area (Å²) in [6.45, 7) is 3.88. The van der Waals surface area contributed by atoms with Crippen LogP contribution in [-0.4, -0.2) is 16.8 Å². The number of carbonyl (C=O) groups excluding carboxylic acids is 2. The number of pyridine rings is 1. The van der Waals surface area contributed by atoms with Crippen molar-refractivity contribution in [2.45, 2.75) is 26.2 Å². The van der Waals surface area contributed by atoms with Crippen LogP contribution in [0.15, 0.2) is 66.9 Å². The number of halogens is 1. The van der Waals surface area contributed by atoms with Crippen molar-refractivity contribution in [3.8, 4) is 0 Å². The SMILES string of the molecule is CC[C@H](C(=O)Nc1cc(C(=O)Nc2cc(C)ccn2)ccc1Cl)c1ccccc1. The van der Waals surface area contributed by atoms with Gasteiger partial charge in [-0.15, -0.1) is 0 Å². The van der Waals surface area contributed by atoms with Crippen molar-refractivity contribution in [2.24, 2.45) is 0 Å². The monoisotopic (exact) mass is 407 g/mol. The second-order valence-electron chi connectivity index (χ2n) is 6.73. The number of nitrogens with one attached hydrogen (secondary N) is 2. The van der Waals surface area contributed by atoms with Gasteiger partial charge >= 0.3 is 0 Å². The molecule has 0 radical (unpaired) electrons. The lowest BCUT2D eigenvalue weighted by Crippen LogP contribution is -2.21. The fourth-order valence-corrected chi connectivity index (χ4v) is 3.20. The zero-order valence-corrected chi connectivity index (χ0v) is 17.0. The Balaban J connectivity index is 1.78. The molecule has 1 atom stereocenters. The molecule has 148 valence electrons. The van der Waals surface area contributed by atoms with Gasteiger partial charge in [0, 0.05) is 11.8 Å². The summed E-state index contributed by atoms with van der Waals surface area (Å²) in [5.74, 6) is -0.337. The lowest BCUT2D eigenvalue weighted by molar-refractivity contribution is -0.117. The fraction of sp³-hybridized carbons (Fsp3) is 0.174. The quantitative estimate of drug-likeness (QED) is 0.572. The summed E-state index contributed by atoms with van der Waals surface area (Å²) in [6.07, 6.45) is 2.28. The zero-order valence-electron chi connectivity index (χ0n) is 16.3. The van der Waals surface area contributed by atoms with Crippen LogP contribution in [0.4, 0.5) is 11.5 Å². The summed E-state index contributed by atoms with van der Waals surface area (Å²) < 4.78 is 0. The van der Waals surface area contributed by atoms with E-state index in [-0.39, 0.29) is 17.7 Å². The molecule has 0 aliphatic rings. The standard InChI is InChI=1S/C23H22ClN3O2/c1-3-18(16-7-5-4-6-8-16)23(29)26-20-14-17(9-10-19(20)24)22(28)27-21-13-15(2)11-12-25-21/h4-14,18H,3H2,1-2H3,(H,26,29)(H,25,27,28)/t18-/m0/s1. The molecular weight excluding hydrogens is 386 g/mol. The van der Waals surface area contributed by atoms with E-state index in [1.54, 1.807) is 30.5 Å². The minimum atomic E-state index is -0.328. The van der Waals surface area contributed by atoms with Gasteiger partial charge in [-0.05, 0) is 54.8 Å². The number of nitrogens with zero attached hydrogens (tertiary/aromatic N) is 1. The van der Waals surface area contributed by atoms with E-state index in [0.717, 1.165) is 11.1 Å². The molecule has 0 aliphatic heterocycles. The van der Waals surface area contributed by atoms with Gasteiger partial charge in [-0.25, -0.2) is 4.98 Å². The lowest BCUT2D eigenvalue weighted by atomic mass is 9.95. The van der Waals surface area contributed by atoms with E-state index < -0.39 is 0 Å². The molecule has 3 rings (SSSR count). The van der Waals surface area contributed by atoms with Crippen molar-refractivity contribution in [3.05, 3.63) is 88.6 Å². The summed E-state index contributed by atoms with van der Waals surface area (Å²) >= 11 is 6.26. The Labute approximate surface area is 175 Å². The van der Waals surface area contributed by atoms with Gasteiger partial charge in [0.05, 0.1) is 16.6 Å². The average Bonchev–Trinajstić information content (AvgIpc) is 2.71. The Kier molecular flexibility index (Phi) is 6.62. The van der Waals surface area contributed by atoms with Crippen LogP contribution in [0.5, 0.6) is 0 Å². The Morgan fingerprint density at radius 1 is 1.03 bits per heavy atom. The highest BCUT2D eigenvalue weighted by Crippen LogP contribution is 2.27. The highest BCUT2D eigenvalue weighted by molar-refractivity contribution is 6.34. The highest BCUT2D eigenvalue weighted by Gasteiger charge is 2.20. The number of aromatic nitrogens is 1. The number of anilines is 2. The van der Waals surface area contributed by atoms with Crippen LogP contribution in [0.3, 0.4) is 0 Å². The number of hydrogen-bond acceptors (Lipinski definition) is 3. The molecule has 0 unspecified atom stereocenters. The van der Waals surface area contributed by atoms with E-state index in [2.05, 4.69) is 15.6 Å². The molecule has 1 heterocycles. The van der Waals surface area contributed by atoms with E-state index in [1.807, 2.05) is 50.2 Å². The Bertz CT molecular complexity index is 1020. The van der Waals surface area contributed by atoms with Gasteiger partial charge in [-0.1, -0.05) is 48.9 Å². The number of rotatable bonds is 6. The summed E-state index contributed by atoms with van der Waals surface area (Å²) in [4.78, 5) is 29.5. The van der Waals surface area contributed by atoms with E-state index in [1.165, 1.54) is 0 Å². The molecule has 0 aliphatic carbocycles. The second kappa shape index (κ2) is 9.34. The summed E-state index contributed by atoms with van der Waals surface area (Å²) in [6, 6.07) is 18.0. The molecule has 2 amide bonds. The van der Waals surface area contributed by atoms with Crippen LogP contribution in [0.1, 0.15) is 40.7 Å². The first-order valence-corrected chi connectivity index (χ1v) is 9.75. The Morgan fingerprint density at radius 3 is 2.48 bits per heavy atom. The fourth-order valence-electron chi connectivity index (χ4n) is 3.03. The third-order valence-electron chi connectivity index (χ3n) is 4.57. The molecule has 0 bridgehead atoms. The van der Waals surface area contributed by atoms with E-state index in [4.69, 9.17) is 11.6 Å². The van der Waals surface area contributed by atoms with Gasteiger partial charge in [0.1, 0.15) is 5.82 Å². The molecule has 1 aromatic heterocycles. The van der Waals surface area contributed by atoms with E-state index in [9.17, 15) is 9.59 Å². The average molecular weight is 408 g/mol. The van der Waals surface area contributed by atoms with Crippen molar-refractivity contribution in [1.82, 2.24) is 4.98 Å². The molecule has 0 saturated heterocycles. The molecule has 0 fully saturated rings. The van der Waals surface area contributed by atoms with Crippen molar-refractivity contribution >= 4 is 34.9 Å². The smallest absolute Gasteiger partial charge is 0.256 e.